The highest BCUT2D eigenvalue weighted by molar-refractivity contribution is 5.31. The molecule has 0 saturated heterocycles. The van der Waals surface area contributed by atoms with E-state index in [1.165, 1.54) is 16.7 Å². The van der Waals surface area contributed by atoms with E-state index < -0.39 is 0 Å². The van der Waals surface area contributed by atoms with Crippen molar-refractivity contribution in [2.45, 2.75) is 25.8 Å². The van der Waals surface area contributed by atoms with Crippen LogP contribution in [0.3, 0.4) is 0 Å². The van der Waals surface area contributed by atoms with E-state index in [9.17, 15) is 0 Å². The Morgan fingerprint density at radius 2 is 1.59 bits per heavy atom. The fourth-order valence-electron chi connectivity index (χ4n) is 2.28. The Kier molecular flexibility index (Phi) is 3.94. The first kappa shape index (κ1) is 11.9. The third-order valence-corrected chi connectivity index (χ3v) is 3.19. The van der Waals surface area contributed by atoms with Crippen LogP contribution in [0.1, 0.15) is 29.5 Å². The molecule has 0 aliphatic rings. The molecular formula is C16H19N. The maximum Gasteiger partial charge on any atom is 0.0180 e. The van der Waals surface area contributed by atoms with Crippen molar-refractivity contribution < 1.29 is 0 Å². The topological polar surface area (TPSA) is 26.0 Å². The molecule has 1 heteroatoms. The van der Waals surface area contributed by atoms with Crippen LogP contribution in [-0.2, 0) is 13.0 Å². The summed E-state index contributed by atoms with van der Waals surface area (Å²) in [5, 5.41) is 0. The molecule has 0 bridgehead atoms. The molecule has 0 aliphatic carbocycles. The minimum atomic E-state index is 0.511. The van der Waals surface area contributed by atoms with Crippen molar-refractivity contribution in [2.24, 2.45) is 5.73 Å². The third kappa shape index (κ3) is 2.95. The summed E-state index contributed by atoms with van der Waals surface area (Å²) in [6.07, 6.45) is 1.07. The minimum absolute atomic E-state index is 0.511. The molecule has 2 aromatic rings. The van der Waals surface area contributed by atoms with Gasteiger partial charge in [-0.1, -0.05) is 61.5 Å². The molecule has 0 fully saturated rings. The zero-order valence-electron chi connectivity index (χ0n) is 10.3. The molecule has 2 aromatic carbocycles. The first-order valence-electron chi connectivity index (χ1n) is 6.13. The van der Waals surface area contributed by atoms with Gasteiger partial charge in [0, 0.05) is 6.54 Å². The zero-order chi connectivity index (χ0) is 12.1. The van der Waals surface area contributed by atoms with Gasteiger partial charge in [0.25, 0.3) is 0 Å². The van der Waals surface area contributed by atoms with Gasteiger partial charge in [0.15, 0.2) is 0 Å². The normalized spacial score (nSPS) is 12.4. The van der Waals surface area contributed by atoms with Crippen LogP contribution in [0.4, 0.5) is 0 Å². The standard InChI is InChI=1S/C16H19N/c1-13(11-14-7-3-2-4-8-14)16-10-6-5-9-15(16)12-17/h2-10,13H,11-12,17H2,1H3. The van der Waals surface area contributed by atoms with Gasteiger partial charge in [-0.15, -0.1) is 0 Å². The van der Waals surface area contributed by atoms with Crippen LogP contribution in [-0.4, -0.2) is 0 Å². The molecule has 0 spiro atoms. The van der Waals surface area contributed by atoms with Gasteiger partial charge in [-0.25, -0.2) is 0 Å². The zero-order valence-corrected chi connectivity index (χ0v) is 10.3. The highest BCUT2D eigenvalue weighted by atomic mass is 14.5. The predicted molar refractivity (Wildman–Crippen MR) is 72.9 cm³/mol. The Balaban J connectivity index is 2.17. The van der Waals surface area contributed by atoms with E-state index >= 15 is 0 Å². The summed E-state index contributed by atoms with van der Waals surface area (Å²) >= 11 is 0. The number of benzene rings is 2. The lowest BCUT2D eigenvalue weighted by Gasteiger charge is -2.15. The largest absolute Gasteiger partial charge is 0.326 e. The summed E-state index contributed by atoms with van der Waals surface area (Å²) in [7, 11) is 0. The van der Waals surface area contributed by atoms with Crippen molar-refractivity contribution in [1.82, 2.24) is 0 Å². The van der Waals surface area contributed by atoms with Crippen LogP contribution in [0.2, 0.25) is 0 Å². The molecule has 17 heavy (non-hydrogen) atoms. The lowest BCUT2D eigenvalue weighted by molar-refractivity contribution is 0.745. The third-order valence-electron chi connectivity index (χ3n) is 3.19. The van der Waals surface area contributed by atoms with Crippen LogP contribution in [0.5, 0.6) is 0 Å². The fourth-order valence-corrected chi connectivity index (χ4v) is 2.28. The minimum Gasteiger partial charge on any atom is -0.326 e. The van der Waals surface area contributed by atoms with Crippen LogP contribution in [0.25, 0.3) is 0 Å². The van der Waals surface area contributed by atoms with E-state index in [2.05, 4.69) is 61.5 Å². The van der Waals surface area contributed by atoms with E-state index in [1.54, 1.807) is 0 Å². The van der Waals surface area contributed by atoms with Crippen molar-refractivity contribution >= 4 is 0 Å². The first-order chi connectivity index (χ1) is 8.31. The number of rotatable bonds is 4. The van der Waals surface area contributed by atoms with Crippen molar-refractivity contribution in [2.75, 3.05) is 0 Å². The van der Waals surface area contributed by atoms with E-state index in [0.717, 1.165) is 6.42 Å². The smallest absolute Gasteiger partial charge is 0.0180 e. The summed E-state index contributed by atoms with van der Waals surface area (Å²) in [4.78, 5) is 0. The average molecular weight is 225 g/mol. The van der Waals surface area contributed by atoms with Crippen molar-refractivity contribution in [3.05, 3.63) is 71.3 Å². The Bertz CT molecular complexity index is 462. The highest BCUT2D eigenvalue weighted by Gasteiger charge is 2.09. The molecule has 1 nitrogen and oxygen atoms in total. The Morgan fingerprint density at radius 1 is 0.941 bits per heavy atom. The highest BCUT2D eigenvalue weighted by Crippen LogP contribution is 2.23. The molecule has 2 rings (SSSR count). The maximum absolute atomic E-state index is 5.78. The Labute approximate surface area is 103 Å². The molecule has 0 saturated carbocycles. The molecule has 1 unspecified atom stereocenters. The van der Waals surface area contributed by atoms with Gasteiger partial charge < -0.3 is 5.73 Å². The SMILES string of the molecule is CC(Cc1ccccc1)c1ccccc1CN. The summed E-state index contributed by atoms with van der Waals surface area (Å²) < 4.78 is 0. The molecule has 0 aliphatic heterocycles. The van der Waals surface area contributed by atoms with E-state index in [1.807, 2.05) is 0 Å². The lowest BCUT2D eigenvalue weighted by Crippen LogP contribution is -2.06. The molecule has 2 N–H and O–H groups in total. The van der Waals surface area contributed by atoms with Crippen LogP contribution < -0.4 is 5.73 Å². The van der Waals surface area contributed by atoms with Gasteiger partial charge in [-0.2, -0.15) is 0 Å². The number of hydrogen-bond acceptors (Lipinski definition) is 1. The molecule has 0 radical (unpaired) electrons. The second-order valence-corrected chi connectivity index (χ2v) is 4.49. The van der Waals surface area contributed by atoms with E-state index in [4.69, 9.17) is 5.73 Å². The van der Waals surface area contributed by atoms with E-state index in [0.29, 0.717) is 12.5 Å². The van der Waals surface area contributed by atoms with Crippen LogP contribution >= 0.6 is 0 Å². The monoisotopic (exact) mass is 225 g/mol. The van der Waals surface area contributed by atoms with Gasteiger partial charge in [0.05, 0.1) is 0 Å². The molecular weight excluding hydrogens is 206 g/mol. The summed E-state index contributed by atoms with van der Waals surface area (Å²) in [6, 6.07) is 19.1. The molecule has 88 valence electrons. The van der Waals surface area contributed by atoms with Gasteiger partial charge >= 0.3 is 0 Å². The molecule has 0 amide bonds. The average Bonchev–Trinajstić information content (AvgIpc) is 2.40. The second-order valence-electron chi connectivity index (χ2n) is 4.49. The van der Waals surface area contributed by atoms with Crippen LogP contribution in [0, 0.1) is 0 Å². The molecule has 0 heterocycles. The summed E-state index contributed by atoms with van der Waals surface area (Å²) in [5.41, 5.74) is 9.80. The van der Waals surface area contributed by atoms with Crippen LogP contribution in [0.15, 0.2) is 54.6 Å². The van der Waals surface area contributed by atoms with Crippen molar-refractivity contribution in [3.63, 3.8) is 0 Å². The molecule has 1 atom stereocenters. The van der Waals surface area contributed by atoms with Gasteiger partial charge in [0.2, 0.25) is 0 Å². The fraction of sp³-hybridized carbons (Fsp3) is 0.250. The van der Waals surface area contributed by atoms with Crippen molar-refractivity contribution in [3.8, 4) is 0 Å². The van der Waals surface area contributed by atoms with Gasteiger partial charge in [-0.05, 0) is 29.0 Å². The summed E-state index contributed by atoms with van der Waals surface area (Å²) in [5.74, 6) is 0.511. The number of hydrogen-bond donors (Lipinski definition) is 1. The quantitative estimate of drug-likeness (QED) is 0.847. The Hall–Kier alpha value is -1.60. The van der Waals surface area contributed by atoms with Crippen molar-refractivity contribution in [1.29, 1.82) is 0 Å². The molecule has 0 aromatic heterocycles. The van der Waals surface area contributed by atoms with E-state index in [-0.39, 0.29) is 0 Å². The van der Waals surface area contributed by atoms with Gasteiger partial charge in [0.1, 0.15) is 0 Å². The first-order valence-corrected chi connectivity index (χ1v) is 6.13. The summed E-state index contributed by atoms with van der Waals surface area (Å²) in [6.45, 7) is 2.89. The maximum atomic E-state index is 5.78. The lowest BCUT2D eigenvalue weighted by atomic mass is 9.90. The predicted octanol–water partition coefficient (Wildman–Crippen LogP) is 3.49. The Morgan fingerprint density at radius 3 is 2.29 bits per heavy atom. The van der Waals surface area contributed by atoms with Gasteiger partial charge in [-0.3, -0.25) is 0 Å². The second kappa shape index (κ2) is 5.65. The number of nitrogens with two attached hydrogens (primary N) is 1.